The molecule has 2 heterocycles. The van der Waals surface area contributed by atoms with Gasteiger partial charge in [0.05, 0.1) is 27.0 Å². The second-order valence-corrected chi connectivity index (χ2v) is 7.09. The van der Waals surface area contributed by atoms with Crippen LogP contribution in [-0.2, 0) is 20.0 Å². The van der Waals surface area contributed by atoms with Crippen LogP contribution >= 0.6 is 0 Å². The molecule has 1 aromatic heterocycles. The van der Waals surface area contributed by atoms with E-state index in [0.29, 0.717) is 36.0 Å². The number of urea groups is 1. The summed E-state index contributed by atoms with van der Waals surface area (Å²) in [5, 5.41) is 4.23. The van der Waals surface area contributed by atoms with Gasteiger partial charge in [-0.3, -0.25) is 0 Å². The first-order valence-corrected chi connectivity index (χ1v) is 9.47. The molecule has 0 saturated heterocycles. The van der Waals surface area contributed by atoms with Crippen LogP contribution in [-0.4, -0.2) is 43.4 Å². The minimum atomic E-state index is -0.161. The van der Waals surface area contributed by atoms with E-state index < -0.39 is 0 Å². The average molecular weight is 395 g/mol. The Kier molecular flexibility index (Phi) is 4.96. The van der Waals surface area contributed by atoms with Crippen LogP contribution < -0.4 is 19.5 Å². The zero-order valence-electron chi connectivity index (χ0n) is 17.1. The number of ether oxygens (including phenoxy) is 3. The van der Waals surface area contributed by atoms with E-state index in [9.17, 15) is 4.79 Å². The number of anilines is 1. The lowest BCUT2D eigenvalue weighted by Crippen LogP contribution is -2.35. The molecule has 1 N–H and O–H groups in total. The molecule has 4 rings (SSSR count). The summed E-state index contributed by atoms with van der Waals surface area (Å²) in [4.78, 5) is 14.9. The Morgan fingerprint density at radius 1 is 1.03 bits per heavy atom. The fourth-order valence-electron chi connectivity index (χ4n) is 4.01. The number of benzene rings is 2. The van der Waals surface area contributed by atoms with Crippen molar-refractivity contribution < 1.29 is 19.0 Å². The molecule has 0 bridgehead atoms. The van der Waals surface area contributed by atoms with Gasteiger partial charge in [-0.1, -0.05) is 12.1 Å². The molecular formula is C22H25N3O4. The Morgan fingerprint density at radius 2 is 1.76 bits per heavy atom. The summed E-state index contributed by atoms with van der Waals surface area (Å²) in [6.07, 6.45) is 2.98. The monoisotopic (exact) mass is 395 g/mol. The number of carbonyl (C=O) groups is 1. The maximum Gasteiger partial charge on any atom is 0.322 e. The van der Waals surface area contributed by atoms with E-state index in [0.717, 1.165) is 12.0 Å². The van der Waals surface area contributed by atoms with Gasteiger partial charge in [0.15, 0.2) is 11.5 Å². The van der Waals surface area contributed by atoms with Crippen LogP contribution in [0.1, 0.15) is 11.1 Å². The van der Waals surface area contributed by atoms with Crippen molar-refractivity contribution in [3.63, 3.8) is 0 Å². The number of hydrogen-bond donors (Lipinski definition) is 1. The van der Waals surface area contributed by atoms with Crippen LogP contribution in [0.3, 0.4) is 0 Å². The number of nitrogens with one attached hydrogen (secondary N) is 1. The zero-order valence-corrected chi connectivity index (χ0v) is 17.1. The van der Waals surface area contributed by atoms with Gasteiger partial charge in [-0.2, -0.15) is 0 Å². The lowest BCUT2D eigenvalue weighted by atomic mass is 10.1. The first-order valence-electron chi connectivity index (χ1n) is 9.47. The molecule has 0 radical (unpaired) electrons. The molecule has 7 nitrogen and oxygen atoms in total. The average Bonchev–Trinajstić information content (AvgIpc) is 2.94. The maximum absolute atomic E-state index is 13.0. The number of methoxy groups -OCH3 is 3. The van der Waals surface area contributed by atoms with Crippen LogP contribution in [0.2, 0.25) is 0 Å². The molecule has 1 aliphatic heterocycles. The largest absolute Gasteiger partial charge is 0.493 e. The van der Waals surface area contributed by atoms with Crippen molar-refractivity contribution in [2.45, 2.75) is 13.0 Å². The molecule has 1 aliphatic rings. The van der Waals surface area contributed by atoms with Crippen LogP contribution in [0, 0.1) is 0 Å². The van der Waals surface area contributed by atoms with Gasteiger partial charge in [-0.25, -0.2) is 4.79 Å². The number of aryl methyl sites for hydroxylation is 1. The van der Waals surface area contributed by atoms with Gasteiger partial charge in [0, 0.05) is 49.4 Å². The Bertz CT molecular complexity index is 1050. The first kappa shape index (κ1) is 19.0. The van der Waals surface area contributed by atoms with Crippen LogP contribution in [0.25, 0.3) is 10.9 Å². The van der Waals surface area contributed by atoms with Crippen molar-refractivity contribution in [2.75, 3.05) is 33.2 Å². The minimum absolute atomic E-state index is 0.161. The molecule has 0 spiro atoms. The number of aromatic nitrogens is 1. The predicted octanol–water partition coefficient (Wildman–Crippen LogP) is 3.79. The molecule has 2 amide bonds. The number of carbonyl (C=O) groups excluding carboxylic acids is 1. The highest BCUT2D eigenvalue weighted by atomic mass is 16.5. The normalized spacial score (nSPS) is 13.2. The summed E-state index contributed by atoms with van der Waals surface area (Å²) in [5.41, 5.74) is 4.23. The van der Waals surface area contributed by atoms with Gasteiger partial charge in [-0.05, 0) is 23.6 Å². The van der Waals surface area contributed by atoms with Crippen LogP contribution in [0.5, 0.6) is 17.2 Å². The van der Waals surface area contributed by atoms with E-state index in [2.05, 4.69) is 35.3 Å². The summed E-state index contributed by atoms with van der Waals surface area (Å²) in [7, 11) is 6.71. The summed E-state index contributed by atoms with van der Waals surface area (Å²) in [6.45, 7) is 1.20. The van der Waals surface area contributed by atoms with E-state index in [1.807, 2.05) is 11.0 Å². The van der Waals surface area contributed by atoms with Gasteiger partial charge in [0.2, 0.25) is 5.75 Å². The van der Waals surface area contributed by atoms with E-state index in [1.54, 1.807) is 33.5 Å². The fraction of sp³-hybridized carbons (Fsp3) is 0.318. The van der Waals surface area contributed by atoms with E-state index >= 15 is 0 Å². The third-order valence-corrected chi connectivity index (χ3v) is 5.39. The minimum Gasteiger partial charge on any atom is -0.493 e. The molecular weight excluding hydrogens is 370 g/mol. The highest BCUT2D eigenvalue weighted by molar-refractivity contribution is 5.92. The van der Waals surface area contributed by atoms with Crippen LogP contribution in [0.4, 0.5) is 10.5 Å². The Balaban J connectivity index is 1.59. The number of hydrogen-bond acceptors (Lipinski definition) is 4. The molecule has 0 unspecified atom stereocenters. The lowest BCUT2D eigenvalue weighted by molar-refractivity contribution is 0.210. The molecule has 0 aliphatic carbocycles. The number of amides is 2. The van der Waals surface area contributed by atoms with Crippen molar-refractivity contribution in [3.8, 4) is 17.2 Å². The molecule has 0 saturated carbocycles. The SMILES string of the molecule is COc1cc(NC(=O)N2CCc3cn(C)c4cccc(c34)C2)cc(OC)c1OC. The zero-order chi connectivity index (χ0) is 20.5. The summed E-state index contributed by atoms with van der Waals surface area (Å²) >= 11 is 0. The van der Waals surface area contributed by atoms with E-state index in [4.69, 9.17) is 14.2 Å². The topological polar surface area (TPSA) is 65.0 Å². The third-order valence-electron chi connectivity index (χ3n) is 5.39. The third kappa shape index (κ3) is 3.33. The molecule has 3 aromatic rings. The van der Waals surface area contributed by atoms with Gasteiger partial charge in [-0.15, -0.1) is 0 Å². The van der Waals surface area contributed by atoms with Crippen molar-refractivity contribution in [1.82, 2.24) is 9.47 Å². The number of nitrogens with zero attached hydrogens (tertiary/aromatic N) is 2. The molecule has 2 aromatic carbocycles. The first-order chi connectivity index (χ1) is 14.0. The van der Waals surface area contributed by atoms with E-state index in [1.165, 1.54) is 16.5 Å². The van der Waals surface area contributed by atoms with Gasteiger partial charge >= 0.3 is 6.03 Å². The quantitative estimate of drug-likeness (QED) is 0.730. The summed E-state index contributed by atoms with van der Waals surface area (Å²) < 4.78 is 18.2. The smallest absolute Gasteiger partial charge is 0.322 e. The second kappa shape index (κ2) is 7.58. The highest BCUT2D eigenvalue weighted by Gasteiger charge is 2.23. The molecule has 152 valence electrons. The molecule has 29 heavy (non-hydrogen) atoms. The van der Waals surface area contributed by atoms with Crippen molar-refractivity contribution in [1.29, 1.82) is 0 Å². The highest BCUT2D eigenvalue weighted by Crippen LogP contribution is 2.40. The predicted molar refractivity (Wildman–Crippen MR) is 112 cm³/mol. The maximum atomic E-state index is 13.0. The lowest BCUT2D eigenvalue weighted by Gasteiger charge is -2.22. The van der Waals surface area contributed by atoms with Gasteiger partial charge < -0.3 is 29.0 Å². The number of rotatable bonds is 4. The van der Waals surface area contributed by atoms with E-state index in [-0.39, 0.29) is 6.03 Å². The van der Waals surface area contributed by atoms with Gasteiger partial charge in [0.1, 0.15) is 0 Å². The molecule has 0 fully saturated rings. The molecule has 7 heteroatoms. The van der Waals surface area contributed by atoms with Crippen LogP contribution in [0.15, 0.2) is 36.5 Å². The molecule has 0 atom stereocenters. The Morgan fingerprint density at radius 3 is 2.41 bits per heavy atom. The van der Waals surface area contributed by atoms with Crippen molar-refractivity contribution in [2.24, 2.45) is 7.05 Å². The Hall–Kier alpha value is -3.35. The van der Waals surface area contributed by atoms with Gasteiger partial charge in [0.25, 0.3) is 0 Å². The van der Waals surface area contributed by atoms with Crippen molar-refractivity contribution >= 4 is 22.6 Å². The Labute approximate surface area is 169 Å². The standard InChI is InChI=1S/C22H25N3O4/c1-24-12-15-8-9-25(13-14-6-5-7-17(24)20(14)15)22(26)23-16-10-18(27-2)21(29-4)19(11-16)28-3/h5-7,10-12H,8-9,13H2,1-4H3,(H,23,26). The fourth-order valence-corrected chi connectivity index (χ4v) is 4.01. The second-order valence-electron chi connectivity index (χ2n) is 7.09. The summed E-state index contributed by atoms with van der Waals surface area (Å²) in [5.74, 6) is 1.48. The summed E-state index contributed by atoms with van der Waals surface area (Å²) in [6, 6.07) is 9.55. The van der Waals surface area contributed by atoms with Crippen molar-refractivity contribution in [3.05, 3.63) is 47.7 Å².